The van der Waals surface area contributed by atoms with E-state index in [4.69, 9.17) is 0 Å². The minimum atomic E-state index is -0.281. The van der Waals surface area contributed by atoms with Crippen LogP contribution in [-0.4, -0.2) is 26.1 Å². The first kappa shape index (κ1) is 12.0. The Hall–Kier alpha value is -3.02. The van der Waals surface area contributed by atoms with Crippen LogP contribution in [0.1, 0.15) is 10.5 Å². The van der Waals surface area contributed by atoms with Gasteiger partial charge in [0.2, 0.25) is 0 Å². The van der Waals surface area contributed by atoms with Crippen molar-refractivity contribution in [3.63, 3.8) is 0 Å². The van der Waals surface area contributed by atoms with Crippen LogP contribution in [0, 0.1) is 0 Å². The monoisotopic (exact) mass is 265 g/mol. The van der Waals surface area contributed by atoms with E-state index in [0.717, 1.165) is 5.56 Å². The van der Waals surface area contributed by atoms with Gasteiger partial charge in [0, 0.05) is 24.2 Å². The van der Waals surface area contributed by atoms with Gasteiger partial charge in [0.25, 0.3) is 5.91 Å². The molecule has 0 unspecified atom stereocenters. The van der Waals surface area contributed by atoms with Crippen LogP contribution >= 0.6 is 0 Å². The third kappa shape index (κ3) is 2.54. The summed E-state index contributed by atoms with van der Waals surface area (Å²) in [6, 6.07) is 10.7. The van der Waals surface area contributed by atoms with Crippen LogP contribution in [0.3, 0.4) is 0 Å². The molecule has 3 rings (SSSR count). The summed E-state index contributed by atoms with van der Waals surface area (Å²) in [5.41, 5.74) is 1.97. The number of pyridine rings is 2. The topological polar surface area (TPSA) is 83.6 Å². The molecule has 0 aromatic carbocycles. The molecule has 0 atom stereocenters. The Labute approximate surface area is 114 Å². The number of nitrogens with zero attached hydrogens (tertiary/aromatic N) is 3. The molecule has 0 fully saturated rings. The average molecular weight is 265 g/mol. The molecule has 2 N–H and O–H groups in total. The number of carbonyl (C=O) groups is 1. The van der Waals surface area contributed by atoms with E-state index < -0.39 is 0 Å². The van der Waals surface area contributed by atoms with Gasteiger partial charge in [-0.1, -0.05) is 6.07 Å². The highest BCUT2D eigenvalue weighted by Crippen LogP contribution is 2.16. The normalized spacial score (nSPS) is 10.2. The largest absolute Gasteiger partial charge is 0.305 e. The predicted octanol–water partition coefficient (Wildman–Crippen LogP) is 2.12. The second kappa shape index (κ2) is 5.31. The molecular formula is C14H11N5O. The van der Waals surface area contributed by atoms with Gasteiger partial charge in [0.05, 0.1) is 5.69 Å². The molecule has 0 aliphatic carbocycles. The minimum absolute atomic E-state index is 0.281. The van der Waals surface area contributed by atoms with Crippen LogP contribution in [0.4, 0.5) is 5.82 Å². The van der Waals surface area contributed by atoms with Gasteiger partial charge in [-0.2, -0.15) is 5.10 Å². The van der Waals surface area contributed by atoms with Crippen molar-refractivity contribution in [2.24, 2.45) is 0 Å². The maximum atomic E-state index is 12.0. The molecule has 0 radical (unpaired) electrons. The lowest BCUT2D eigenvalue weighted by Crippen LogP contribution is -2.13. The summed E-state index contributed by atoms with van der Waals surface area (Å²) >= 11 is 0. The summed E-state index contributed by atoms with van der Waals surface area (Å²) in [7, 11) is 0. The van der Waals surface area contributed by atoms with Crippen LogP contribution in [-0.2, 0) is 0 Å². The Balaban J connectivity index is 1.79. The SMILES string of the molecule is O=C(Nc1ccccn1)c1cc(-c2ccncc2)n[nH]1. The smallest absolute Gasteiger partial charge is 0.274 e. The number of H-pyrrole nitrogens is 1. The molecule has 98 valence electrons. The third-order valence-electron chi connectivity index (χ3n) is 2.71. The van der Waals surface area contributed by atoms with E-state index >= 15 is 0 Å². The van der Waals surface area contributed by atoms with Gasteiger partial charge in [-0.25, -0.2) is 4.98 Å². The van der Waals surface area contributed by atoms with E-state index in [9.17, 15) is 4.79 Å². The molecule has 3 heterocycles. The Morgan fingerprint density at radius 3 is 2.70 bits per heavy atom. The number of carbonyl (C=O) groups excluding carboxylic acids is 1. The highest BCUT2D eigenvalue weighted by molar-refractivity contribution is 6.02. The Morgan fingerprint density at radius 2 is 1.95 bits per heavy atom. The molecule has 20 heavy (non-hydrogen) atoms. The van der Waals surface area contributed by atoms with Crippen LogP contribution in [0.5, 0.6) is 0 Å². The van der Waals surface area contributed by atoms with Crippen molar-refractivity contribution < 1.29 is 4.79 Å². The fraction of sp³-hybridized carbons (Fsp3) is 0. The van der Waals surface area contributed by atoms with E-state index in [0.29, 0.717) is 17.2 Å². The average Bonchev–Trinajstić information content (AvgIpc) is 2.99. The first-order chi connectivity index (χ1) is 9.83. The Bertz CT molecular complexity index is 709. The quantitative estimate of drug-likeness (QED) is 0.759. The first-order valence-corrected chi connectivity index (χ1v) is 6.01. The minimum Gasteiger partial charge on any atom is -0.305 e. The van der Waals surface area contributed by atoms with E-state index in [1.807, 2.05) is 12.1 Å². The lowest BCUT2D eigenvalue weighted by Gasteiger charge is -2.00. The predicted molar refractivity (Wildman–Crippen MR) is 74.0 cm³/mol. The Kier molecular flexibility index (Phi) is 3.20. The zero-order valence-corrected chi connectivity index (χ0v) is 10.4. The number of aromatic nitrogens is 4. The maximum absolute atomic E-state index is 12.0. The molecule has 0 saturated carbocycles. The molecular weight excluding hydrogens is 254 g/mol. The zero-order chi connectivity index (χ0) is 13.8. The lowest BCUT2D eigenvalue weighted by atomic mass is 10.2. The van der Waals surface area contributed by atoms with Gasteiger partial charge in [0.15, 0.2) is 0 Å². The fourth-order valence-corrected chi connectivity index (χ4v) is 1.73. The summed E-state index contributed by atoms with van der Waals surface area (Å²) in [5, 5.41) is 9.52. The highest BCUT2D eigenvalue weighted by atomic mass is 16.2. The van der Waals surface area contributed by atoms with Gasteiger partial charge in [-0.3, -0.25) is 14.9 Å². The number of amides is 1. The van der Waals surface area contributed by atoms with E-state index in [1.54, 1.807) is 42.9 Å². The molecule has 3 aromatic heterocycles. The van der Waals surface area contributed by atoms with Gasteiger partial charge in [-0.05, 0) is 30.3 Å². The summed E-state index contributed by atoms with van der Waals surface area (Å²) < 4.78 is 0. The summed E-state index contributed by atoms with van der Waals surface area (Å²) in [5.74, 6) is 0.217. The van der Waals surface area contributed by atoms with Gasteiger partial charge in [-0.15, -0.1) is 0 Å². The number of rotatable bonds is 3. The first-order valence-electron chi connectivity index (χ1n) is 6.01. The third-order valence-corrected chi connectivity index (χ3v) is 2.71. The van der Waals surface area contributed by atoms with Gasteiger partial charge < -0.3 is 5.32 Å². The second-order valence-corrected chi connectivity index (χ2v) is 4.07. The number of aromatic amines is 1. The number of hydrogen-bond donors (Lipinski definition) is 2. The summed E-state index contributed by atoms with van der Waals surface area (Å²) in [6.07, 6.45) is 4.97. The van der Waals surface area contributed by atoms with E-state index in [1.165, 1.54) is 0 Å². The molecule has 0 aliphatic rings. The molecule has 6 nitrogen and oxygen atoms in total. The molecule has 3 aromatic rings. The highest BCUT2D eigenvalue weighted by Gasteiger charge is 2.11. The maximum Gasteiger partial charge on any atom is 0.274 e. The van der Waals surface area contributed by atoms with Crippen molar-refractivity contribution >= 4 is 11.7 Å². The summed E-state index contributed by atoms with van der Waals surface area (Å²) in [4.78, 5) is 20.0. The fourth-order valence-electron chi connectivity index (χ4n) is 1.73. The van der Waals surface area contributed by atoms with Crippen molar-refractivity contribution in [1.82, 2.24) is 20.2 Å². The molecule has 0 aliphatic heterocycles. The molecule has 0 saturated heterocycles. The molecule has 1 amide bonds. The van der Waals surface area contributed by atoms with Crippen molar-refractivity contribution in [2.75, 3.05) is 5.32 Å². The molecule has 0 spiro atoms. The number of hydrogen-bond acceptors (Lipinski definition) is 4. The standard InChI is InChI=1S/C14H11N5O/c20-14(17-13-3-1-2-6-16-13)12-9-11(18-19-12)10-4-7-15-8-5-10/h1-9H,(H,18,19)(H,16,17,20). The number of nitrogens with one attached hydrogen (secondary N) is 2. The van der Waals surface area contributed by atoms with Gasteiger partial charge >= 0.3 is 0 Å². The van der Waals surface area contributed by atoms with Crippen molar-refractivity contribution in [3.8, 4) is 11.3 Å². The zero-order valence-electron chi connectivity index (χ0n) is 10.4. The second-order valence-electron chi connectivity index (χ2n) is 4.07. The summed E-state index contributed by atoms with van der Waals surface area (Å²) in [6.45, 7) is 0. The molecule has 0 bridgehead atoms. The van der Waals surface area contributed by atoms with Crippen LogP contribution < -0.4 is 5.32 Å². The Morgan fingerprint density at radius 1 is 1.10 bits per heavy atom. The van der Waals surface area contributed by atoms with Crippen molar-refractivity contribution in [3.05, 3.63) is 60.7 Å². The van der Waals surface area contributed by atoms with Gasteiger partial charge in [0.1, 0.15) is 11.5 Å². The van der Waals surface area contributed by atoms with Crippen molar-refractivity contribution in [2.45, 2.75) is 0 Å². The van der Waals surface area contributed by atoms with Crippen LogP contribution in [0.2, 0.25) is 0 Å². The van der Waals surface area contributed by atoms with E-state index in [2.05, 4.69) is 25.5 Å². The van der Waals surface area contributed by atoms with Crippen LogP contribution in [0.15, 0.2) is 55.0 Å². The van der Waals surface area contributed by atoms with E-state index in [-0.39, 0.29) is 5.91 Å². The lowest BCUT2D eigenvalue weighted by molar-refractivity contribution is 0.102. The van der Waals surface area contributed by atoms with Crippen LogP contribution in [0.25, 0.3) is 11.3 Å². The number of anilines is 1. The molecule has 6 heteroatoms. The van der Waals surface area contributed by atoms with Crippen molar-refractivity contribution in [1.29, 1.82) is 0 Å².